The molecule has 0 saturated carbocycles. The van der Waals surface area contributed by atoms with Gasteiger partial charge in [0.15, 0.2) is 5.76 Å². The van der Waals surface area contributed by atoms with E-state index in [1.807, 2.05) is 17.5 Å². The number of carboxylic acids is 1. The fourth-order valence-corrected chi connectivity index (χ4v) is 3.10. The summed E-state index contributed by atoms with van der Waals surface area (Å²) in [5, 5.41) is 11.9. The van der Waals surface area contributed by atoms with Gasteiger partial charge in [-0.15, -0.1) is 11.3 Å². The number of fused-ring (bicyclic) bond motifs is 1. The van der Waals surface area contributed by atoms with E-state index in [9.17, 15) is 14.7 Å². The first-order chi connectivity index (χ1) is 10.1. The molecule has 0 spiro atoms. The van der Waals surface area contributed by atoms with Gasteiger partial charge in [0.05, 0.1) is 12.2 Å². The minimum atomic E-state index is -0.916. The standard InChI is InChI=1S/C16H12O4S/c1-9(16(18)19)11-7-10-4-6-21-15(10)12(8-11)14(17)13-3-2-5-20-13/h2-9H,1H3,(H,18,19). The molecule has 1 aromatic carbocycles. The normalized spacial score (nSPS) is 12.4. The van der Waals surface area contributed by atoms with Crippen molar-refractivity contribution in [2.24, 2.45) is 0 Å². The summed E-state index contributed by atoms with van der Waals surface area (Å²) in [6.45, 7) is 1.61. The highest BCUT2D eigenvalue weighted by Gasteiger charge is 2.21. The number of hydrogen-bond acceptors (Lipinski definition) is 4. The molecule has 0 aliphatic carbocycles. The van der Waals surface area contributed by atoms with Gasteiger partial charge < -0.3 is 9.52 Å². The summed E-state index contributed by atoms with van der Waals surface area (Å²) in [4.78, 5) is 23.7. The van der Waals surface area contributed by atoms with E-state index < -0.39 is 11.9 Å². The Hall–Kier alpha value is -2.40. The number of carbonyl (C=O) groups excluding carboxylic acids is 1. The Labute approximate surface area is 124 Å². The van der Waals surface area contributed by atoms with Gasteiger partial charge in [0.25, 0.3) is 0 Å². The molecular formula is C16H12O4S. The van der Waals surface area contributed by atoms with E-state index in [0.717, 1.165) is 10.1 Å². The summed E-state index contributed by atoms with van der Waals surface area (Å²) in [5.41, 5.74) is 1.10. The molecule has 1 atom stereocenters. The number of thiophene rings is 1. The molecule has 4 nitrogen and oxygen atoms in total. The first-order valence-corrected chi connectivity index (χ1v) is 7.28. The van der Waals surface area contributed by atoms with Crippen LogP contribution in [0.15, 0.2) is 46.4 Å². The number of rotatable bonds is 4. The minimum Gasteiger partial charge on any atom is -0.481 e. The van der Waals surface area contributed by atoms with Crippen molar-refractivity contribution in [3.05, 3.63) is 58.9 Å². The molecule has 2 aromatic heterocycles. The van der Waals surface area contributed by atoms with Gasteiger partial charge in [-0.2, -0.15) is 0 Å². The van der Waals surface area contributed by atoms with Gasteiger partial charge in [-0.3, -0.25) is 9.59 Å². The lowest BCUT2D eigenvalue weighted by molar-refractivity contribution is -0.138. The minimum absolute atomic E-state index is 0.230. The van der Waals surface area contributed by atoms with Crippen LogP contribution >= 0.6 is 11.3 Å². The Morgan fingerprint density at radius 1 is 1.29 bits per heavy atom. The van der Waals surface area contributed by atoms with Crippen molar-refractivity contribution in [1.29, 1.82) is 0 Å². The molecule has 0 amide bonds. The average Bonchev–Trinajstić information content (AvgIpc) is 3.15. The van der Waals surface area contributed by atoms with Crippen LogP contribution in [0, 0.1) is 0 Å². The van der Waals surface area contributed by atoms with Crippen molar-refractivity contribution in [2.75, 3.05) is 0 Å². The Morgan fingerprint density at radius 3 is 2.76 bits per heavy atom. The number of furan rings is 1. The quantitative estimate of drug-likeness (QED) is 0.742. The molecule has 1 unspecified atom stereocenters. The van der Waals surface area contributed by atoms with Gasteiger partial charge in [-0.1, -0.05) is 0 Å². The van der Waals surface area contributed by atoms with E-state index in [-0.39, 0.29) is 11.5 Å². The van der Waals surface area contributed by atoms with E-state index >= 15 is 0 Å². The molecule has 2 heterocycles. The SMILES string of the molecule is CC(C(=O)O)c1cc(C(=O)c2ccco2)c2sccc2c1. The van der Waals surface area contributed by atoms with Crippen LogP contribution in [0.5, 0.6) is 0 Å². The van der Waals surface area contributed by atoms with Crippen molar-refractivity contribution in [2.45, 2.75) is 12.8 Å². The second-order valence-corrected chi connectivity index (χ2v) is 5.69. The maximum atomic E-state index is 12.5. The van der Waals surface area contributed by atoms with Gasteiger partial charge in [0.2, 0.25) is 5.78 Å². The average molecular weight is 300 g/mol. The van der Waals surface area contributed by atoms with Crippen LogP contribution in [0.2, 0.25) is 0 Å². The van der Waals surface area contributed by atoms with Crippen LogP contribution in [0.25, 0.3) is 10.1 Å². The molecule has 0 radical (unpaired) electrons. The molecule has 0 bridgehead atoms. The third-order valence-electron chi connectivity index (χ3n) is 3.43. The van der Waals surface area contributed by atoms with Crippen molar-refractivity contribution >= 4 is 33.2 Å². The Balaban J connectivity index is 2.18. The number of aliphatic carboxylic acids is 1. The molecule has 5 heteroatoms. The fourth-order valence-electron chi connectivity index (χ4n) is 2.21. The van der Waals surface area contributed by atoms with Crippen LogP contribution in [0.4, 0.5) is 0 Å². The predicted octanol–water partition coefficient (Wildman–Crippen LogP) is 3.91. The number of carboxylic acid groups (broad SMARTS) is 1. The lowest BCUT2D eigenvalue weighted by atomic mass is 9.95. The molecule has 21 heavy (non-hydrogen) atoms. The van der Waals surface area contributed by atoms with Crippen LogP contribution in [-0.2, 0) is 4.79 Å². The summed E-state index contributed by atoms with van der Waals surface area (Å²) in [6.07, 6.45) is 1.45. The number of hydrogen-bond donors (Lipinski definition) is 1. The van der Waals surface area contributed by atoms with Gasteiger partial charge in [-0.25, -0.2) is 0 Å². The zero-order valence-electron chi connectivity index (χ0n) is 11.2. The smallest absolute Gasteiger partial charge is 0.310 e. The van der Waals surface area contributed by atoms with Gasteiger partial charge in [-0.05, 0) is 53.6 Å². The van der Waals surface area contributed by atoms with Crippen molar-refractivity contribution < 1.29 is 19.1 Å². The number of benzene rings is 1. The summed E-state index contributed by atoms with van der Waals surface area (Å²) >= 11 is 1.46. The van der Waals surface area contributed by atoms with Crippen LogP contribution in [0.1, 0.15) is 34.5 Å². The zero-order chi connectivity index (χ0) is 15.0. The summed E-state index contributed by atoms with van der Waals surface area (Å²) < 4.78 is 6.01. The molecule has 0 aliphatic heterocycles. The molecule has 1 N–H and O–H groups in total. The second kappa shape index (κ2) is 5.18. The maximum absolute atomic E-state index is 12.5. The second-order valence-electron chi connectivity index (χ2n) is 4.77. The van der Waals surface area contributed by atoms with Gasteiger partial charge in [0.1, 0.15) is 0 Å². The zero-order valence-corrected chi connectivity index (χ0v) is 12.0. The summed E-state index contributed by atoms with van der Waals surface area (Å²) in [7, 11) is 0. The van der Waals surface area contributed by atoms with Gasteiger partial charge >= 0.3 is 5.97 Å². The maximum Gasteiger partial charge on any atom is 0.310 e. The van der Waals surface area contributed by atoms with E-state index in [2.05, 4.69) is 0 Å². The van der Waals surface area contributed by atoms with E-state index in [1.165, 1.54) is 17.6 Å². The third kappa shape index (κ3) is 2.36. The van der Waals surface area contributed by atoms with E-state index in [1.54, 1.807) is 25.1 Å². The first kappa shape index (κ1) is 13.6. The molecule has 106 valence electrons. The van der Waals surface area contributed by atoms with Crippen molar-refractivity contribution in [3.63, 3.8) is 0 Å². The summed E-state index contributed by atoms with van der Waals surface area (Å²) in [5.74, 6) is -1.56. The molecule has 0 saturated heterocycles. The molecule has 0 fully saturated rings. The van der Waals surface area contributed by atoms with Crippen molar-refractivity contribution in [3.8, 4) is 0 Å². The lowest BCUT2D eigenvalue weighted by Gasteiger charge is -2.09. The highest BCUT2D eigenvalue weighted by Crippen LogP contribution is 2.31. The predicted molar refractivity (Wildman–Crippen MR) is 80.0 cm³/mol. The van der Waals surface area contributed by atoms with E-state index in [4.69, 9.17) is 4.42 Å². The largest absolute Gasteiger partial charge is 0.481 e. The van der Waals surface area contributed by atoms with Crippen LogP contribution in [0.3, 0.4) is 0 Å². The lowest BCUT2D eigenvalue weighted by Crippen LogP contribution is -2.09. The van der Waals surface area contributed by atoms with E-state index in [0.29, 0.717) is 11.1 Å². The third-order valence-corrected chi connectivity index (χ3v) is 4.40. The highest BCUT2D eigenvalue weighted by molar-refractivity contribution is 7.17. The Kier molecular flexibility index (Phi) is 3.35. The molecule has 0 aliphatic rings. The topological polar surface area (TPSA) is 67.5 Å². The molecule has 3 rings (SSSR count). The van der Waals surface area contributed by atoms with Crippen molar-refractivity contribution in [1.82, 2.24) is 0 Å². The van der Waals surface area contributed by atoms with Crippen LogP contribution < -0.4 is 0 Å². The monoisotopic (exact) mass is 300 g/mol. The summed E-state index contributed by atoms with van der Waals surface area (Å²) in [6, 6.07) is 8.63. The number of ketones is 1. The number of carbonyl (C=O) groups is 2. The first-order valence-electron chi connectivity index (χ1n) is 6.40. The Morgan fingerprint density at radius 2 is 2.10 bits per heavy atom. The molecule has 3 aromatic rings. The highest BCUT2D eigenvalue weighted by atomic mass is 32.1. The Bertz CT molecular complexity index is 814. The van der Waals surface area contributed by atoms with Gasteiger partial charge in [0, 0.05) is 10.3 Å². The molecular weight excluding hydrogens is 288 g/mol. The van der Waals surface area contributed by atoms with Crippen LogP contribution in [-0.4, -0.2) is 16.9 Å². The fraction of sp³-hybridized carbons (Fsp3) is 0.125.